The van der Waals surface area contributed by atoms with Crippen molar-refractivity contribution in [2.75, 3.05) is 13.2 Å². The van der Waals surface area contributed by atoms with Crippen molar-refractivity contribution in [2.24, 2.45) is 11.8 Å². The van der Waals surface area contributed by atoms with E-state index in [0.717, 1.165) is 11.3 Å². The Morgan fingerprint density at radius 1 is 1.42 bits per heavy atom. The van der Waals surface area contributed by atoms with Crippen LogP contribution in [0.2, 0.25) is 0 Å². The average Bonchev–Trinajstić information content (AvgIpc) is 2.85. The first-order valence-electron chi connectivity index (χ1n) is 6.36. The molecule has 5 nitrogen and oxygen atoms in total. The monoisotopic (exact) mass is 284 g/mol. The summed E-state index contributed by atoms with van der Waals surface area (Å²) in [5.41, 5.74) is 0.268. The lowest BCUT2D eigenvalue weighted by Gasteiger charge is -2.15. The number of aromatic nitrogens is 1. The van der Waals surface area contributed by atoms with Crippen molar-refractivity contribution in [3.8, 4) is 0 Å². The lowest BCUT2D eigenvalue weighted by Crippen LogP contribution is -2.30. The number of hydrogen-bond acceptors (Lipinski definition) is 5. The van der Waals surface area contributed by atoms with Gasteiger partial charge in [0.25, 0.3) is 5.91 Å². The largest absolute Gasteiger partial charge is 0.461 e. The van der Waals surface area contributed by atoms with Crippen LogP contribution in [0.25, 0.3) is 0 Å². The molecule has 1 rings (SSSR count). The minimum absolute atomic E-state index is 0.212. The quantitative estimate of drug-likeness (QED) is 0.814. The van der Waals surface area contributed by atoms with Gasteiger partial charge < -0.3 is 10.1 Å². The van der Waals surface area contributed by atoms with Crippen molar-refractivity contribution in [3.63, 3.8) is 0 Å². The maximum absolute atomic E-state index is 11.8. The molecule has 1 N–H and O–H groups in total. The second kappa shape index (κ2) is 7.23. The second-order valence-electron chi connectivity index (χ2n) is 4.69. The molecule has 0 aliphatic carbocycles. The maximum Gasteiger partial charge on any atom is 0.367 e. The van der Waals surface area contributed by atoms with Gasteiger partial charge in [-0.05, 0) is 18.8 Å². The van der Waals surface area contributed by atoms with Gasteiger partial charge in [0.1, 0.15) is 5.69 Å². The number of ether oxygens (including phenoxy) is 1. The molecule has 0 spiro atoms. The summed E-state index contributed by atoms with van der Waals surface area (Å²) in [6.45, 7) is 8.92. The van der Waals surface area contributed by atoms with E-state index in [9.17, 15) is 9.59 Å². The van der Waals surface area contributed by atoms with Crippen LogP contribution in [0.5, 0.6) is 0 Å². The summed E-state index contributed by atoms with van der Waals surface area (Å²) in [6, 6.07) is 0. The fourth-order valence-electron chi connectivity index (χ4n) is 1.24. The van der Waals surface area contributed by atoms with E-state index in [2.05, 4.69) is 31.1 Å². The number of esters is 1. The van der Waals surface area contributed by atoms with Gasteiger partial charge in [-0.3, -0.25) is 4.79 Å². The molecule has 106 valence electrons. The van der Waals surface area contributed by atoms with Gasteiger partial charge >= 0.3 is 5.97 Å². The summed E-state index contributed by atoms with van der Waals surface area (Å²) in [6.07, 6.45) is 0. The molecule has 0 aliphatic rings. The smallest absolute Gasteiger partial charge is 0.367 e. The van der Waals surface area contributed by atoms with Crippen LogP contribution in [0.4, 0.5) is 0 Å². The molecule has 1 unspecified atom stereocenters. The minimum Gasteiger partial charge on any atom is -0.461 e. The average molecular weight is 284 g/mol. The maximum atomic E-state index is 11.8. The number of nitrogens with zero attached hydrogens (tertiary/aromatic N) is 1. The zero-order chi connectivity index (χ0) is 14.4. The van der Waals surface area contributed by atoms with Gasteiger partial charge in [-0.25, -0.2) is 9.78 Å². The molecule has 0 fully saturated rings. The van der Waals surface area contributed by atoms with Crippen molar-refractivity contribution in [1.29, 1.82) is 0 Å². The van der Waals surface area contributed by atoms with Crippen LogP contribution in [0.3, 0.4) is 0 Å². The summed E-state index contributed by atoms with van der Waals surface area (Å²) in [7, 11) is 0. The van der Waals surface area contributed by atoms with Gasteiger partial charge in [-0.15, -0.1) is 11.3 Å². The Kier molecular flexibility index (Phi) is 5.95. The number of hydrogen-bond donors (Lipinski definition) is 1. The standard InChI is InChI=1S/C13H20N2O3S/c1-5-18-13(17)12-15-10(7-19-12)11(16)14-6-9(4)8(2)3/h7-9H,5-6H2,1-4H3,(H,14,16). The Hall–Kier alpha value is -1.43. The number of amides is 1. The molecule has 1 heterocycles. The number of rotatable bonds is 6. The van der Waals surface area contributed by atoms with Crippen LogP contribution < -0.4 is 5.32 Å². The molecule has 0 saturated heterocycles. The minimum atomic E-state index is -0.484. The fourth-order valence-corrected chi connectivity index (χ4v) is 1.93. The van der Waals surface area contributed by atoms with E-state index in [1.165, 1.54) is 0 Å². The molecule has 1 atom stereocenters. The third-order valence-corrected chi connectivity index (χ3v) is 3.73. The lowest BCUT2D eigenvalue weighted by molar-refractivity contribution is 0.0526. The molecule has 19 heavy (non-hydrogen) atoms. The van der Waals surface area contributed by atoms with E-state index in [-0.39, 0.29) is 16.6 Å². The van der Waals surface area contributed by atoms with E-state index in [0.29, 0.717) is 25.0 Å². The van der Waals surface area contributed by atoms with Gasteiger partial charge in [0.15, 0.2) is 0 Å². The van der Waals surface area contributed by atoms with Crippen LogP contribution in [0.1, 0.15) is 48.0 Å². The predicted octanol–water partition coefficient (Wildman–Crippen LogP) is 2.34. The van der Waals surface area contributed by atoms with Gasteiger partial charge in [0.05, 0.1) is 6.61 Å². The Morgan fingerprint density at radius 3 is 2.68 bits per heavy atom. The van der Waals surface area contributed by atoms with E-state index < -0.39 is 5.97 Å². The predicted molar refractivity (Wildman–Crippen MR) is 74.4 cm³/mol. The molecule has 1 aromatic heterocycles. The van der Waals surface area contributed by atoms with Crippen molar-refractivity contribution < 1.29 is 14.3 Å². The highest BCUT2D eigenvalue weighted by Gasteiger charge is 2.17. The third-order valence-electron chi connectivity index (χ3n) is 2.91. The highest BCUT2D eigenvalue weighted by molar-refractivity contribution is 7.11. The molecule has 0 radical (unpaired) electrons. The molecular weight excluding hydrogens is 264 g/mol. The molecule has 0 aliphatic heterocycles. The van der Waals surface area contributed by atoms with E-state index >= 15 is 0 Å². The molecule has 0 bridgehead atoms. The summed E-state index contributed by atoms with van der Waals surface area (Å²) in [5.74, 6) is 0.166. The van der Waals surface area contributed by atoms with Crippen LogP contribution in [-0.4, -0.2) is 30.0 Å². The highest BCUT2D eigenvalue weighted by Crippen LogP contribution is 2.12. The van der Waals surface area contributed by atoms with Crippen LogP contribution in [-0.2, 0) is 4.74 Å². The summed E-state index contributed by atoms with van der Waals surface area (Å²) >= 11 is 1.12. The normalized spacial score (nSPS) is 12.3. The van der Waals surface area contributed by atoms with Crippen molar-refractivity contribution in [3.05, 3.63) is 16.1 Å². The van der Waals surface area contributed by atoms with Gasteiger partial charge in [-0.2, -0.15) is 0 Å². The van der Waals surface area contributed by atoms with Crippen LogP contribution in [0, 0.1) is 11.8 Å². The van der Waals surface area contributed by atoms with Crippen LogP contribution >= 0.6 is 11.3 Å². The molecule has 1 aromatic rings. The Labute approximate surface area is 117 Å². The van der Waals surface area contributed by atoms with E-state index in [1.54, 1.807) is 12.3 Å². The third kappa shape index (κ3) is 4.63. The Morgan fingerprint density at radius 2 is 2.11 bits per heavy atom. The van der Waals surface area contributed by atoms with Gasteiger partial charge in [0.2, 0.25) is 5.01 Å². The number of thiazole rings is 1. The van der Waals surface area contributed by atoms with Crippen molar-refractivity contribution in [1.82, 2.24) is 10.3 Å². The first-order valence-corrected chi connectivity index (χ1v) is 7.24. The number of carbonyl (C=O) groups excluding carboxylic acids is 2. The Balaban J connectivity index is 2.56. The van der Waals surface area contributed by atoms with Crippen LogP contribution in [0.15, 0.2) is 5.38 Å². The summed E-state index contributed by atoms with van der Waals surface area (Å²) < 4.78 is 4.83. The molecule has 6 heteroatoms. The summed E-state index contributed by atoms with van der Waals surface area (Å²) in [5, 5.41) is 4.60. The SMILES string of the molecule is CCOC(=O)c1nc(C(=O)NCC(C)C(C)C)cs1. The first-order chi connectivity index (χ1) is 8.95. The molecular formula is C13H20N2O3S. The van der Waals surface area contributed by atoms with E-state index in [4.69, 9.17) is 4.74 Å². The lowest BCUT2D eigenvalue weighted by atomic mass is 9.98. The zero-order valence-electron chi connectivity index (χ0n) is 11.7. The Bertz CT molecular complexity index is 443. The zero-order valence-corrected chi connectivity index (χ0v) is 12.5. The molecule has 1 amide bonds. The number of nitrogens with one attached hydrogen (secondary N) is 1. The topological polar surface area (TPSA) is 68.3 Å². The van der Waals surface area contributed by atoms with E-state index in [1.807, 2.05) is 0 Å². The van der Waals surface area contributed by atoms with Crippen molar-refractivity contribution in [2.45, 2.75) is 27.7 Å². The summed E-state index contributed by atoms with van der Waals surface area (Å²) in [4.78, 5) is 27.3. The fraction of sp³-hybridized carbons (Fsp3) is 0.615. The highest BCUT2D eigenvalue weighted by atomic mass is 32.1. The van der Waals surface area contributed by atoms with Crippen molar-refractivity contribution >= 4 is 23.2 Å². The molecule has 0 aromatic carbocycles. The first kappa shape index (κ1) is 15.6. The van der Waals surface area contributed by atoms with Gasteiger partial charge in [0, 0.05) is 11.9 Å². The number of carbonyl (C=O) groups is 2. The van der Waals surface area contributed by atoms with Gasteiger partial charge in [-0.1, -0.05) is 20.8 Å². The molecule has 0 saturated carbocycles. The second-order valence-corrected chi connectivity index (χ2v) is 5.55.